The molecule has 6 heteroatoms. The van der Waals surface area contributed by atoms with Gasteiger partial charge < -0.3 is 10.1 Å². The van der Waals surface area contributed by atoms with E-state index in [1.54, 1.807) is 0 Å². The van der Waals surface area contributed by atoms with Crippen LogP contribution in [0.2, 0.25) is 0 Å². The molecule has 0 spiro atoms. The third-order valence-electron chi connectivity index (χ3n) is 5.21. The standard InChI is InChI=1S/C19H25N3O3/c1-6-22-12(4)15(11(3)21-22)18-16(19(24)25-5)10(2)20-13-8-7-9-14(23)17(13)18/h18,20H,6-9H2,1-5H3. The van der Waals surface area contributed by atoms with Gasteiger partial charge in [0.2, 0.25) is 0 Å². The maximum Gasteiger partial charge on any atom is 0.336 e. The van der Waals surface area contributed by atoms with Crippen LogP contribution in [0.3, 0.4) is 0 Å². The van der Waals surface area contributed by atoms with Gasteiger partial charge in [-0.1, -0.05) is 0 Å². The molecule has 6 nitrogen and oxygen atoms in total. The van der Waals surface area contributed by atoms with Gasteiger partial charge in [0.1, 0.15) is 0 Å². The normalized spacial score (nSPS) is 20.5. The fourth-order valence-corrected chi connectivity index (χ4v) is 4.09. The smallest absolute Gasteiger partial charge is 0.336 e. The number of hydrogen-bond donors (Lipinski definition) is 1. The second-order valence-electron chi connectivity index (χ2n) is 6.66. The highest BCUT2D eigenvalue weighted by Gasteiger charge is 2.41. The molecule has 0 aromatic carbocycles. The lowest BCUT2D eigenvalue weighted by atomic mass is 9.74. The van der Waals surface area contributed by atoms with Crippen molar-refractivity contribution in [3.8, 4) is 0 Å². The van der Waals surface area contributed by atoms with E-state index in [9.17, 15) is 9.59 Å². The van der Waals surface area contributed by atoms with Gasteiger partial charge in [0, 0.05) is 41.2 Å². The van der Waals surface area contributed by atoms with Crippen LogP contribution >= 0.6 is 0 Å². The number of rotatable bonds is 3. The number of carbonyl (C=O) groups is 2. The minimum absolute atomic E-state index is 0.107. The first-order valence-corrected chi connectivity index (χ1v) is 8.76. The number of hydrogen-bond acceptors (Lipinski definition) is 5. The van der Waals surface area contributed by atoms with Gasteiger partial charge in [0.15, 0.2) is 5.78 Å². The van der Waals surface area contributed by atoms with Crippen LogP contribution in [0.25, 0.3) is 0 Å². The second kappa shape index (κ2) is 6.50. The summed E-state index contributed by atoms with van der Waals surface area (Å²) in [5.41, 5.74) is 5.71. The maximum atomic E-state index is 12.8. The number of ketones is 1. The Morgan fingerprint density at radius 1 is 1.32 bits per heavy atom. The highest BCUT2D eigenvalue weighted by Crippen LogP contribution is 2.44. The molecule has 0 amide bonds. The fourth-order valence-electron chi connectivity index (χ4n) is 4.09. The maximum absolute atomic E-state index is 12.8. The molecule has 1 N–H and O–H groups in total. The number of ether oxygens (including phenoxy) is 1. The van der Waals surface area contributed by atoms with Crippen molar-refractivity contribution < 1.29 is 14.3 Å². The molecule has 1 aromatic heterocycles. The summed E-state index contributed by atoms with van der Waals surface area (Å²) in [5.74, 6) is -0.699. The Hall–Kier alpha value is -2.37. The minimum atomic E-state index is -0.406. The van der Waals surface area contributed by atoms with E-state index in [2.05, 4.69) is 10.4 Å². The Balaban J connectivity index is 2.27. The number of esters is 1. The summed E-state index contributed by atoms with van der Waals surface area (Å²) in [6.07, 6.45) is 2.18. The molecule has 1 atom stereocenters. The molecule has 1 aromatic rings. The van der Waals surface area contributed by atoms with Crippen molar-refractivity contribution in [2.24, 2.45) is 0 Å². The third-order valence-corrected chi connectivity index (χ3v) is 5.21. The van der Waals surface area contributed by atoms with Gasteiger partial charge >= 0.3 is 5.97 Å². The number of nitrogens with one attached hydrogen (secondary N) is 1. The number of carbonyl (C=O) groups excluding carboxylic acids is 2. The molecule has 1 unspecified atom stereocenters. The lowest BCUT2D eigenvalue weighted by Crippen LogP contribution is -2.34. The molecule has 2 heterocycles. The minimum Gasteiger partial charge on any atom is -0.466 e. The summed E-state index contributed by atoms with van der Waals surface area (Å²) in [6, 6.07) is 0. The molecule has 1 aliphatic carbocycles. The summed E-state index contributed by atoms with van der Waals surface area (Å²) >= 11 is 0. The largest absolute Gasteiger partial charge is 0.466 e. The van der Waals surface area contributed by atoms with Crippen molar-refractivity contribution in [1.82, 2.24) is 15.1 Å². The van der Waals surface area contributed by atoms with Gasteiger partial charge in [-0.3, -0.25) is 9.48 Å². The van der Waals surface area contributed by atoms with Crippen LogP contribution in [0, 0.1) is 13.8 Å². The predicted octanol–water partition coefficient (Wildman–Crippen LogP) is 2.66. The van der Waals surface area contributed by atoms with Crippen LogP contribution in [0.1, 0.15) is 56.0 Å². The molecule has 0 fully saturated rings. The summed E-state index contributed by atoms with van der Waals surface area (Å²) in [5, 5.41) is 7.88. The lowest BCUT2D eigenvalue weighted by molar-refractivity contribution is -0.136. The molecule has 0 saturated carbocycles. The van der Waals surface area contributed by atoms with Crippen molar-refractivity contribution in [3.63, 3.8) is 0 Å². The monoisotopic (exact) mass is 343 g/mol. The second-order valence-corrected chi connectivity index (χ2v) is 6.66. The van der Waals surface area contributed by atoms with E-state index < -0.39 is 11.9 Å². The molecule has 3 rings (SSSR count). The van der Waals surface area contributed by atoms with E-state index in [1.165, 1.54) is 7.11 Å². The fraction of sp³-hybridized carbons (Fsp3) is 0.526. The Kier molecular flexibility index (Phi) is 4.54. The van der Waals surface area contributed by atoms with Crippen molar-refractivity contribution in [1.29, 1.82) is 0 Å². The molecular formula is C19H25N3O3. The molecule has 134 valence electrons. The van der Waals surface area contributed by atoms with E-state index in [4.69, 9.17) is 4.74 Å². The predicted molar refractivity (Wildman–Crippen MR) is 93.9 cm³/mol. The van der Waals surface area contributed by atoms with Gasteiger partial charge in [-0.15, -0.1) is 0 Å². The van der Waals surface area contributed by atoms with E-state index >= 15 is 0 Å². The topological polar surface area (TPSA) is 73.2 Å². The van der Waals surface area contributed by atoms with Gasteiger partial charge in [-0.05, 0) is 40.5 Å². The SMILES string of the molecule is CCn1nc(C)c(C2C(C(=O)OC)=C(C)NC3=C2C(=O)CCC3)c1C. The van der Waals surface area contributed by atoms with Crippen LogP contribution in [-0.2, 0) is 20.9 Å². The van der Waals surface area contributed by atoms with Crippen molar-refractivity contribution >= 4 is 11.8 Å². The first kappa shape index (κ1) is 17.5. The zero-order chi connectivity index (χ0) is 18.3. The van der Waals surface area contributed by atoms with E-state index in [0.717, 1.165) is 47.7 Å². The van der Waals surface area contributed by atoms with Crippen LogP contribution in [0.15, 0.2) is 22.5 Å². The average Bonchev–Trinajstić information content (AvgIpc) is 2.87. The van der Waals surface area contributed by atoms with E-state index in [0.29, 0.717) is 17.6 Å². The lowest BCUT2D eigenvalue weighted by Gasteiger charge is -2.34. The number of Topliss-reactive ketones (excluding diaryl/α,β-unsaturated/α-hetero) is 1. The van der Waals surface area contributed by atoms with Crippen LogP contribution in [0.5, 0.6) is 0 Å². The Labute approximate surface area is 147 Å². The first-order valence-electron chi connectivity index (χ1n) is 8.76. The number of allylic oxidation sites excluding steroid dienone is 3. The Morgan fingerprint density at radius 3 is 2.64 bits per heavy atom. The number of aromatic nitrogens is 2. The average molecular weight is 343 g/mol. The zero-order valence-electron chi connectivity index (χ0n) is 15.5. The molecule has 1 aliphatic heterocycles. The van der Waals surface area contributed by atoms with Crippen LogP contribution < -0.4 is 5.32 Å². The van der Waals surface area contributed by atoms with Crippen molar-refractivity contribution in [2.75, 3.05) is 7.11 Å². The molecule has 2 aliphatic rings. The zero-order valence-corrected chi connectivity index (χ0v) is 15.5. The summed E-state index contributed by atoms with van der Waals surface area (Å²) in [6.45, 7) is 8.59. The number of methoxy groups -OCH3 is 1. The Morgan fingerprint density at radius 2 is 2.04 bits per heavy atom. The van der Waals surface area contributed by atoms with Crippen molar-refractivity contribution in [2.45, 2.75) is 59.4 Å². The molecular weight excluding hydrogens is 318 g/mol. The van der Waals surface area contributed by atoms with Gasteiger partial charge in [0.05, 0.1) is 24.3 Å². The quantitative estimate of drug-likeness (QED) is 0.854. The molecule has 25 heavy (non-hydrogen) atoms. The third kappa shape index (κ3) is 2.69. The summed E-state index contributed by atoms with van der Waals surface area (Å²) in [4.78, 5) is 25.3. The number of nitrogens with zero attached hydrogens (tertiary/aromatic N) is 2. The van der Waals surface area contributed by atoms with Gasteiger partial charge in [-0.25, -0.2) is 4.79 Å². The van der Waals surface area contributed by atoms with Gasteiger partial charge in [0.25, 0.3) is 0 Å². The Bertz CT molecular complexity index is 814. The first-order chi connectivity index (χ1) is 11.9. The summed E-state index contributed by atoms with van der Waals surface area (Å²) in [7, 11) is 1.38. The van der Waals surface area contributed by atoms with Crippen LogP contribution in [0.4, 0.5) is 0 Å². The molecule has 0 bridgehead atoms. The van der Waals surface area contributed by atoms with Gasteiger partial charge in [-0.2, -0.15) is 5.10 Å². The number of dihydropyridines is 1. The number of aryl methyl sites for hydroxylation is 2. The molecule has 0 saturated heterocycles. The van der Waals surface area contributed by atoms with E-state index in [-0.39, 0.29) is 5.78 Å². The highest BCUT2D eigenvalue weighted by molar-refractivity contribution is 6.03. The highest BCUT2D eigenvalue weighted by atomic mass is 16.5. The van der Waals surface area contributed by atoms with Crippen LogP contribution in [-0.4, -0.2) is 28.6 Å². The van der Waals surface area contributed by atoms with E-state index in [1.807, 2.05) is 32.4 Å². The summed E-state index contributed by atoms with van der Waals surface area (Å²) < 4.78 is 6.96. The molecule has 0 radical (unpaired) electrons. The van der Waals surface area contributed by atoms with Crippen molar-refractivity contribution in [3.05, 3.63) is 39.5 Å².